The molecule has 1 fully saturated rings. The average molecular weight is 330 g/mol. The van der Waals surface area contributed by atoms with E-state index in [4.69, 9.17) is 4.52 Å². The Balaban J connectivity index is 1.47. The summed E-state index contributed by atoms with van der Waals surface area (Å²) in [7, 11) is 0. The topological polar surface area (TPSA) is 97.0 Å². The lowest BCUT2D eigenvalue weighted by atomic mass is 9.93. The number of hydrogen-bond acceptors (Lipinski definition) is 6. The van der Waals surface area contributed by atoms with Crippen LogP contribution in [0.5, 0.6) is 0 Å². The van der Waals surface area contributed by atoms with E-state index in [9.17, 15) is 4.79 Å². The standard InChI is InChI=1S/C16H22N6O2/c1-3-14-17-9-13(10-18-14)20-16(23)22-6-4-12(5-7-22)8-15-19-11(2)24-21-15/h9-10,12H,3-8H2,1-2H3,(H,20,23). The summed E-state index contributed by atoms with van der Waals surface area (Å²) in [5, 5.41) is 6.79. The van der Waals surface area contributed by atoms with Gasteiger partial charge >= 0.3 is 6.03 Å². The van der Waals surface area contributed by atoms with E-state index in [1.54, 1.807) is 19.3 Å². The number of nitrogens with one attached hydrogen (secondary N) is 1. The van der Waals surface area contributed by atoms with Crippen LogP contribution in [0.25, 0.3) is 0 Å². The molecule has 1 aliphatic rings. The molecule has 0 spiro atoms. The summed E-state index contributed by atoms with van der Waals surface area (Å²) in [6, 6.07) is -0.100. The van der Waals surface area contributed by atoms with E-state index in [1.807, 2.05) is 11.8 Å². The van der Waals surface area contributed by atoms with Crippen LogP contribution in [0.1, 0.15) is 37.3 Å². The average Bonchev–Trinajstić information content (AvgIpc) is 3.01. The van der Waals surface area contributed by atoms with Crippen LogP contribution in [-0.4, -0.2) is 44.1 Å². The van der Waals surface area contributed by atoms with Gasteiger partial charge in [0.15, 0.2) is 5.82 Å². The number of carbonyl (C=O) groups excluding carboxylic acids is 1. The number of anilines is 1. The number of piperidine rings is 1. The van der Waals surface area contributed by atoms with Crippen LogP contribution in [0, 0.1) is 12.8 Å². The SMILES string of the molecule is CCc1ncc(NC(=O)N2CCC(Cc3noc(C)n3)CC2)cn1. The molecule has 0 bridgehead atoms. The van der Waals surface area contributed by atoms with E-state index in [1.165, 1.54) is 0 Å². The van der Waals surface area contributed by atoms with Gasteiger partial charge in [0.05, 0.1) is 18.1 Å². The van der Waals surface area contributed by atoms with E-state index in [0.29, 0.717) is 17.5 Å². The van der Waals surface area contributed by atoms with Gasteiger partial charge in [0.1, 0.15) is 5.82 Å². The molecule has 1 saturated heterocycles. The van der Waals surface area contributed by atoms with Crippen LogP contribution in [0.4, 0.5) is 10.5 Å². The Hall–Kier alpha value is -2.51. The number of rotatable bonds is 4. The van der Waals surface area contributed by atoms with Crippen LogP contribution < -0.4 is 5.32 Å². The molecule has 3 heterocycles. The highest BCUT2D eigenvalue weighted by atomic mass is 16.5. The molecular weight excluding hydrogens is 308 g/mol. The van der Waals surface area contributed by atoms with Gasteiger partial charge in [-0.15, -0.1) is 0 Å². The fourth-order valence-electron chi connectivity index (χ4n) is 2.83. The van der Waals surface area contributed by atoms with E-state index < -0.39 is 0 Å². The molecule has 0 radical (unpaired) electrons. The lowest BCUT2D eigenvalue weighted by Gasteiger charge is -2.31. The number of amides is 2. The van der Waals surface area contributed by atoms with E-state index in [-0.39, 0.29) is 6.03 Å². The molecule has 1 N–H and O–H groups in total. The Morgan fingerprint density at radius 1 is 1.29 bits per heavy atom. The fourth-order valence-corrected chi connectivity index (χ4v) is 2.83. The normalized spacial score (nSPS) is 15.5. The van der Waals surface area contributed by atoms with E-state index >= 15 is 0 Å². The maximum absolute atomic E-state index is 12.3. The van der Waals surface area contributed by atoms with E-state index in [2.05, 4.69) is 25.4 Å². The highest BCUT2D eigenvalue weighted by Gasteiger charge is 2.24. The zero-order chi connectivity index (χ0) is 16.9. The van der Waals surface area contributed by atoms with Gasteiger partial charge in [0.2, 0.25) is 5.89 Å². The van der Waals surface area contributed by atoms with Gasteiger partial charge in [-0.2, -0.15) is 4.98 Å². The second kappa shape index (κ2) is 7.37. The largest absolute Gasteiger partial charge is 0.340 e. The predicted octanol–water partition coefficient (Wildman–Crippen LogP) is 2.22. The quantitative estimate of drug-likeness (QED) is 0.923. The third-order valence-corrected chi connectivity index (χ3v) is 4.22. The van der Waals surface area contributed by atoms with Crippen molar-refractivity contribution in [1.82, 2.24) is 25.0 Å². The molecule has 0 aromatic carbocycles. The fraction of sp³-hybridized carbons (Fsp3) is 0.562. The zero-order valence-corrected chi connectivity index (χ0v) is 14.0. The summed E-state index contributed by atoms with van der Waals surface area (Å²) < 4.78 is 5.00. The van der Waals surface area contributed by atoms with Crippen LogP contribution in [0.2, 0.25) is 0 Å². The molecule has 0 saturated carbocycles. The van der Waals surface area contributed by atoms with Crippen molar-refractivity contribution in [2.24, 2.45) is 5.92 Å². The Bertz CT molecular complexity index is 676. The highest BCUT2D eigenvalue weighted by molar-refractivity contribution is 5.88. The number of likely N-dealkylation sites (tertiary alicyclic amines) is 1. The second-order valence-electron chi connectivity index (χ2n) is 6.04. The summed E-state index contributed by atoms with van der Waals surface area (Å²) in [5.74, 6) is 2.60. The first-order valence-electron chi connectivity index (χ1n) is 8.30. The van der Waals surface area contributed by atoms with Crippen LogP contribution in [0.3, 0.4) is 0 Å². The van der Waals surface area contributed by atoms with Crippen molar-refractivity contribution in [1.29, 1.82) is 0 Å². The molecule has 2 aromatic rings. The Labute approximate surface area is 140 Å². The molecule has 8 heteroatoms. The van der Waals surface area contributed by atoms with Gasteiger partial charge in [-0.1, -0.05) is 12.1 Å². The first-order valence-corrected chi connectivity index (χ1v) is 8.30. The molecule has 8 nitrogen and oxygen atoms in total. The third-order valence-electron chi connectivity index (χ3n) is 4.22. The summed E-state index contributed by atoms with van der Waals surface area (Å²) in [5.41, 5.74) is 0.626. The lowest BCUT2D eigenvalue weighted by molar-refractivity contribution is 0.181. The number of nitrogens with zero attached hydrogens (tertiary/aromatic N) is 5. The van der Waals surface area contributed by atoms with Crippen molar-refractivity contribution >= 4 is 11.7 Å². The Kier molecular flexibility index (Phi) is 5.02. The molecule has 0 unspecified atom stereocenters. The maximum atomic E-state index is 12.3. The number of hydrogen-bond donors (Lipinski definition) is 1. The van der Waals surface area contributed by atoms with Crippen molar-refractivity contribution in [2.75, 3.05) is 18.4 Å². The highest BCUT2D eigenvalue weighted by Crippen LogP contribution is 2.21. The minimum Gasteiger partial charge on any atom is -0.340 e. The van der Waals surface area contributed by atoms with Crippen molar-refractivity contribution in [3.8, 4) is 0 Å². The Morgan fingerprint density at radius 2 is 2.00 bits per heavy atom. The molecule has 3 rings (SSSR count). The third kappa shape index (κ3) is 4.06. The number of aromatic nitrogens is 4. The summed E-state index contributed by atoms with van der Waals surface area (Å²) in [4.78, 5) is 26.8. The molecule has 2 aromatic heterocycles. The maximum Gasteiger partial charge on any atom is 0.321 e. The Morgan fingerprint density at radius 3 is 2.58 bits per heavy atom. The van der Waals surface area contributed by atoms with Crippen molar-refractivity contribution in [2.45, 2.75) is 39.5 Å². The number of aryl methyl sites for hydroxylation is 2. The molecule has 1 aliphatic heterocycles. The van der Waals surface area contributed by atoms with E-state index in [0.717, 1.165) is 50.4 Å². The van der Waals surface area contributed by atoms with Gasteiger partial charge in [-0.05, 0) is 18.8 Å². The van der Waals surface area contributed by atoms with Crippen molar-refractivity contribution in [3.63, 3.8) is 0 Å². The number of urea groups is 1. The van der Waals surface area contributed by atoms with Crippen LogP contribution >= 0.6 is 0 Å². The molecule has 24 heavy (non-hydrogen) atoms. The van der Waals surface area contributed by atoms with Gasteiger partial charge in [0, 0.05) is 32.9 Å². The number of carbonyl (C=O) groups is 1. The van der Waals surface area contributed by atoms with Crippen LogP contribution in [0.15, 0.2) is 16.9 Å². The predicted molar refractivity (Wildman–Crippen MR) is 87.5 cm³/mol. The monoisotopic (exact) mass is 330 g/mol. The molecular formula is C16H22N6O2. The first-order chi connectivity index (χ1) is 11.6. The van der Waals surface area contributed by atoms with Gasteiger partial charge < -0.3 is 14.7 Å². The zero-order valence-electron chi connectivity index (χ0n) is 14.0. The van der Waals surface area contributed by atoms with Crippen molar-refractivity contribution < 1.29 is 9.32 Å². The molecule has 128 valence electrons. The minimum absolute atomic E-state index is 0.100. The smallest absolute Gasteiger partial charge is 0.321 e. The van der Waals surface area contributed by atoms with Crippen molar-refractivity contribution in [3.05, 3.63) is 29.9 Å². The van der Waals surface area contributed by atoms with Gasteiger partial charge in [-0.3, -0.25) is 0 Å². The molecule has 2 amide bonds. The van der Waals surface area contributed by atoms with Crippen LogP contribution in [-0.2, 0) is 12.8 Å². The van der Waals surface area contributed by atoms with Gasteiger partial charge in [-0.25, -0.2) is 14.8 Å². The summed E-state index contributed by atoms with van der Waals surface area (Å²) in [6.07, 6.45) is 6.75. The molecule has 0 aliphatic carbocycles. The van der Waals surface area contributed by atoms with Gasteiger partial charge in [0.25, 0.3) is 0 Å². The molecule has 0 atom stereocenters. The lowest BCUT2D eigenvalue weighted by Crippen LogP contribution is -2.41. The first kappa shape index (κ1) is 16.4. The minimum atomic E-state index is -0.100. The second-order valence-corrected chi connectivity index (χ2v) is 6.04. The summed E-state index contributed by atoms with van der Waals surface area (Å²) in [6.45, 7) is 5.23. The summed E-state index contributed by atoms with van der Waals surface area (Å²) >= 11 is 0.